The summed E-state index contributed by atoms with van der Waals surface area (Å²) >= 11 is 5.89. The van der Waals surface area contributed by atoms with Crippen molar-refractivity contribution in [3.63, 3.8) is 0 Å². The molecule has 0 fully saturated rings. The Hall–Kier alpha value is -2.11. The van der Waals surface area contributed by atoms with Crippen molar-refractivity contribution in [3.8, 4) is 0 Å². The Morgan fingerprint density at radius 3 is 2.90 bits per heavy atom. The lowest BCUT2D eigenvalue weighted by molar-refractivity contribution is 0.144. The molecule has 2 atom stereocenters. The maximum absolute atomic E-state index is 12.1. The second kappa shape index (κ2) is 5.71. The molecule has 1 aromatic carbocycles. The van der Waals surface area contributed by atoms with Gasteiger partial charge in [-0.05, 0) is 23.3 Å². The number of carbonyl (C=O) groups excluding carboxylic acids is 1. The largest absolute Gasteiger partial charge is 0.390 e. The number of fused-ring (bicyclic) bond motifs is 1. The Bertz CT molecular complexity index is 677. The number of carbonyl (C=O) groups is 1. The van der Waals surface area contributed by atoms with E-state index in [0.29, 0.717) is 12.1 Å². The number of amides is 2. The standard InChI is InChI=1S/C15H14ClN3O2/c16-14-11(6-3-7-17-14)18-15(21)19-13-10-5-2-1-4-9(10)8-12(13)20/h1-7,12-13,20H,8H2,(H2,18,19,21)/t12-,13+/m0/s1. The third-order valence-corrected chi connectivity index (χ3v) is 3.80. The summed E-state index contributed by atoms with van der Waals surface area (Å²) < 4.78 is 0. The van der Waals surface area contributed by atoms with Crippen molar-refractivity contribution in [1.29, 1.82) is 0 Å². The Morgan fingerprint density at radius 1 is 1.29 bits per heavy atom. The van der Waals surface area contributed by atoms with E-state index >= 15 is 0 Å². The normalized spacial score (nSPS) is 19.9. The van der Waals surface area contributed by atoms with Gasteiger partial charge in [0.15, 0.2) is 5.15 Å². The van der Waals surface area contributed by atoms with Crippen molar-refractivity contribution in [2.75, 3.05) is 5.32 Å². The van der Waals surface area contributed by atoms with Crippen LogP contribution in [0.1, 0.15) is 17.2 Å². The van der Waals surface area contributed by atoms with Crippen LogP contribution in [0.4, 0.5) is 10.5 Å². The molecule has 1 heterocycles. The number of hydrogen-bond acceptors (Lipinski definition) is 3. The van der Waals surface area contributed by atoms with Gasteiger partial charge in [-0.3, -0.25) is 0 Å². The molecule has 2 aromatic rings. The Morgan fingerprint density at radius 2 is 2.10 bits per heavy atom. The van der Waals surface area contributed by atoms with E-state index in [1.807, 2.05) is 24.3 Å². The van der Waals surface area contributed by atoms with E-state index in [9.17, 15) is 9.90 Å². The van der Waals surface area contributed by atoms with Crippen molar-refractivity contribution in [1.82, 2.24) is 10.3 Å². The van der Waals surface area contributed by atoms with Crippen LogP contribution in [0, 0.1) is 0 Å². The lowest BCUT2D eigenvalue weighted by Gasteiger charge is -2.18. The van der Waals surface area contributed by atoms with E-state index in [1.54, 1.807) is 18.3 Å². The Labute approximate surface area is 127 Å². The van der Waals surface area contributed by atoms with Crippen molar-refractivity contribution in [2.24, 2.45) is 0 Å². The van der Waals surface area contributed by atoms with Gasteiger partial charge in [0.05, 0.1) is 17.8 Å². The minimum Gasteiger partial charge on any atom is -0.390 e. The fourth-order valence-electron chi connectivity index (χ4n) is 2.53. The Balaban J connectivity index is 1.72. The number of pyridine rings is 1. The van der Waals surface area contributed by atoms with Gasteiger partial charge in [-0.2, -0.15) is 0 Å². The lowest BCUT2D eigenvalue weighted by Crippen LogP contribution is -2.36. The van der Waals surface area contributed by atoms with Crippen LogP contribution < -0.4 is 10.6 Å². The van der Waals surface area contributed by atoms with Crippen molar-refractivity contribution < 1.29 is 9.90 Å². The van der Waals surface area contributed by atoms with Gasteiger partial charge in [-0.15, -0.1) is 0 Å². The van der Waals surface area contributed by atoms with Crippen LogP contribution >= 0.6 is 11.6 Å². The highest BCUT2D eigenvalue weighted by Gasteiger charge is 2.31. The monoisotopic (exact) mass is 303 g/mol. The van der Waals surface area contributed by atoms with Gasteiger partial charge in [-0.25, -0.2) is 9.78 Å². The summed E-state index contributed by atoms with van der Waals surface area (Å²) in [6.45, 7) is 0. The number of nitrogens with one attached hydrogen (secondary N) is 2. The summed E-state index contributed by atoms with van der Waals surface area (Å²) in [5.41, 5.74) is 2.42. The molecule has 0 bridgehead atoms. The first-order valence-electron chi connectivity index (χ1n) is 6.59. The third kappa shape index (κ3) is 2.84. The van der Waals surface area contributed by atoms with Crippen LogP contribution in [0.3, 0.4) is 0 Å². The molecule has 1 aliphatic carbocycles. The van der Waals surface area contributed by atoms with Gasteiger partial charge >= 0.3 is 6.03 Å². The molecular weight excluding hydrogens is 290 g/mol. The van der Waals surface area contributed by atoms with E-state index in [0.717, 1.165) is 11.1 Å². The van der Waals surface area contributed by atoms with Crippen molar-refractivity contribution in [3.05, 3.63) is 58.9 Å². The molecule has 0 spiro atoms. The van der Waals surface area contributed by atoms with Gasteiger partial charge in [0.2, 0.25) is 0 Å². The molecule has 1 aliphatic rings. The minimum absolute atomic E-state index is 0.222. The number of aromatic nitrogens is 1. The van der Waals surface area contributed by atoms with E-state index < -0.39 is 18.2 Å². The average Bonchev–Trinajstić information content (AvgIpc) is 2.78. The lowest BCUT2D eigenvalue weighted by atomic mass is 10.1. The molecule has 2 amide bonds. The first-order valence-corrected chi connectivity index (χ1v) is 6.97. The quantitative estimate of drug-likeness (QED) is 0.746. The summed E-state index contributed by atoms with van der Waals surface area (Å²) in [4.78, 5) is 15.9. The van der Waals surface area contributed by atoms with Crippen molar-refractivity contribution >= 4 is 23.3 Å². The molecule has 6 heteroatoms. The second-order valence-corrected chi connectivity index (χ2v) is 5.25. The van der Waals surface area contributed by atoms with Crippen LogP contribution in [0.25, 0.3) is 0 Å². The topological polar surface area (TPSA) is 74.2 Å². The first-order chi connectivity index (χ1) is 10.1. The number of benzene rings is 1. The summed E-state index contributed by atoms with van der Waals surface area (Å²) in [6, 6.07) is 10.2. The average molecular weight is 304 g/mol. The zero-order valence-corrected chi connectivity index (χ0v) is 11.8. The van der Waals surface area contributed by atoms with Crippen LogP contribution in [0.2, 0.25) is 5.15 Å². The molecule has 0 radical (unpaired) electrons. The first kappa shape index (κ1) is 13.9. The smallest absolute Gasteiger partial charge is 0.319 e. The third-order valence-electron chi connectivity index (χ3n) is 3.50. The number of urea groups is 1. The highest BCUT2D eigenvalue weighted by Crippen LogP contribution is 2.31. The molecule has 108 valence electrons. The summed E-state index contributed by atoms with van der Waals surface area (Å²) in [6.07, 6.45) is 1.45. The van der Waals surface area contributed by atoms with E-state index in [4.69, 9.17) is 11.6 Å². The van der Waals surface area contributed by atoms with E-state index in [1.165, 1.54) is 0 Å². The summed E-state index contributed by atoms with van der Waals surface area (Å²) in [5.74, 6) is 0. The number of halogens is 1. The van der Waals surface area contributed by atoms with Gasteiger partial charge < -0.3 is 15.7 Å². The predicted molar refractivity (Wildman–Crippen MR) is 80.3 cm³/mol. The molecule has 0 unspecified atom stereocenters. The molecular formula is C15H14ClN3O2. The molecule has 0 aliphatic heterocycles. The molecule has 5 nitrogen and oxygen atoms in total. The molecule has 3 N–H and O–H groups in total. The number of nitrogens with zero attached hydrogens (tertiary/aromatic N) is 1. The van der Waals surface area contributed by atoms with Gasteiger partial charge in [0.1, 0.15) is 0 Å². The summed E-state index contributed by atoms with van der Waals surface area (Å²) in [5, 5.41) is 15.7. The van der Waals surface area contributed by atoms with E-state index in [-0.39, 0.29) is 5.15 Å². The number of hydrogen-bond donors (Lipinski definition) is 3. The highest BCUT2D eigenvalue weighted by molar-refractivity contribution is 6.32. The number of aliphatic hydroxyl groups excluding tert-OH is 1. The number of aliphatic hydroxyl groups is 1. The van der Waals surface area contributed by atoms with Crippen LogP contribution in [0.15, 0.2) is 42.6 Å². The Kier molecular flexibility index (Phi) is 3.77. The highest BCUT2D eigenvalue weighted by atomic mass is 35.5. The maximum atomic E-state index is 12.1. The molecule has 0 saturated heterocycles. The molecule has 1 aromatic heterocycles. The summed E-state index contributed by atoms with van der Waals surface area (Å²) in [7, 11) is 0. The zero-order chi connectivity index (χ0) is 14.8. The number of anilines is 1. The van der Waals surface area contributed by atoms with Gasteiger partial charge in [-0.1, -0.05) is 35.9 Å². The fourth-order valence-corrected chi connectivity index (χ4v) is 2.69. The van der Waals surface area contributed by atoms with Crippen LogP contribution in [0.5, 0.6) is 0 Å². The van der Waals surface area contributed by atoms with Gasteiger partial charge in [0, 0.05) is 12.6 Å². The predicted octanol–water partition coefficient (Wildman–Crippen LogP) is 2.51. The molecule has 0 saturated carbocycles. The second-order valence-electron chi connectivity index (χ2n) is 4.89. The van der Waals surface area contributed by atoms with Gasteiger partial charge in [0.25, 0.3) is 0 Å². The number of rotatable bonds is 2. The van der Waals surface area contributed by atoms with Crippen molar-refractivity contribution in [2.45, 2.75) is 18.6 Å². The molecule has 21 heavy (non-hydrogen) atoms. The maximum Gasteiger partial charge on any atom is 0.319 e. The molecule has 3 rings (SSSR count). The fraction of sp³-hybridized carbons (Fsp3) is 0.200. The van der Waals surface area contributed by atoms with Crippen LogP contribution in [-0.2, 0) is 6.42 Å². The zero-order valence-electron chi connectivity index (χ0n) is 11.1. The van der Waals surface area contributed by atoms with Crippen LogP contribution in [-0.4, -0.2) is 22.2 Å². The minimum atomic E-state index is -0.627. The van der Waals surface area contributed by atoms with E-state index in [2.05, 4.69) is 15.6 Å². The SMILES string of the molecule is O=C(Nc1cccnc1Cl)N[C@@H]1c2ccccc2C[C@@H]1O.